The summed E-state index contributed by atoms with van der Waals surface area (Å²) in [5, 5.41) is 3.88. The number of halogens is 1. The second kappa shape index (κ2) is 4.01. The van der Waals surface area contributed by atoms with Gasteiger partial charge in [-0.1, -0.05) is 12.1 Å². The Bertz CT molecular complexity index is 589. The Morgan fingerprint density at radius 1 is 1.47 bits per heavy atom. The van der Waals surface area contributed by atoms with Crippen molar-refractivity contribution in [3.8, 4) is 0 Å². The highest BCUT2D eigenvalue weighted by atomic mass is 19.1. The van der Waals surface area contributed by atoms with Crippen molar-refractivity contribution in [3.05, 3.63) is 46.9 Å². The van der Waals surface area contributed by atoms with Gasteiger partial charge >= 0.3 is 0 Å². The van der Waals surface area contributed by atoms with Crippen molar-refractivity contribution in [2.24, 2.45) is 7.05 Å². The van der Waals surface area contributed by atoms with Crippen LogP contribution in [0.15, 0.2) is 24.4 Å². The van der Waals surface area contributed by atoms with Crippen molar-refractivity contribution in [2.45, 2.75) is 6.92 Å². The predicted molar refractivity (Wildman–Crippen MR) is 62.2 cm³/mol. The SMILES string of the molecule is Cc1ccc(C(=O)c2cnn(C)c2N)cc1F. The average molecular weight is 233 g/mol. The van der Waals surface area contributed by atoms with Crippen LogP contribution in [0.2, 0.25) is 0 Å². The average Bonchev–Trinajstić information content (AvgIpc) is 2.63. The summed E-state index contributed by atoms with van der Waals surface area (Å²) in [6.45, 7) is 1.64. The van der Waals surface area contributed by atoms with Crippen LogP contribution in [-0.4, -0.2) is 15.6 Å². The molecule has 0 saturated heterocycles. The zero-order valence-electron chi connectivity index (χ0n) is 9.57. The molecule has 0 atom stereocenters. The van der Waals surface area contributed by atoms with E-state index >= 15 is 0 Å². The molecule has 5 heteroatoms. The number of nitrogen functional groups attached to an aromatic ring is 1. The van der Waals surface area contributed by atoms with E-state index in [1.807, 2.05) is 0 Å². The van der Waals surface area contributed by atoms with Gasteiger partial charge in [0.05, 0.1) is 11.8 Å². The molecular weight excluding hydrogens is 221 g/mol. The lowest BCUT2D eigenvalue weighted by molar-refractivity contribution is 0.103. The first kappa shape index (κ1) is 11.3. The Hall–Kier alpha value is -2.17. The zero-order valence-corrected chi connectivity index (χ0v) is 9.57. The standard InChI is InChI=1S/C12H12FN3O/c1-7-3-4-8(5-10(7)13)11(17)9-6-15-16(2)12(9)14/h3-6H,14H2,1-2H3. The Labute approximate surface area is 97.9 Å². The molecule has 1 aromatic carbocycles. The molecule has 0 aliphatic heterocycles. The topological polar surface area (TPSA) is 60.9 Å². The number of benzene rings is 1. The van der Waals surface area contributed by atoms with Crippen molar-refractivity contribution in [2.75, 3.05) is 5.73 Å². The Morgan fingerprint density at radius 3 is 2.71 bits per heavy atom. The van der Waals surface area contributed by atoms with Crippen LogP contribution in [0, 0.1) is 12.7 Å². The summed E-state index contributed by atoms with van der Waals surface area (Å²) in [4.78, 5) is 12.0. The smallest absolute Gasteiger partial charge is 0.198 e. The first-order chi connectivity index (χ1) is 8.00. The molecule has 0 spiro atoms. The van der Waals surface area contributed by atoms with E-state index in [1.165, 1.54) is 16.9 Å². The van der Waals surface area contributed by atoms with Crippen molar-refractivity contribution in [3.63, 3.8) is 0 Å². The number of aromatic nitrogens is 2. The Kier molecular flexibility index (Phi) is 2.67. The van der Waals surface area contributed by atoms with E-state index in [9.17, 15) is 9.18 Å². The minimum atomic E-state index is -0.404. The maximum absolute atomic E-state index is 13.4. The summed E-state index contributed by atoms with van der Waals surface area (Å²) in [6.07, 6.45) is 1.38. The second-order valence-corrected chi connectivity index (χ2v) is 3.86. The van der Waals surface area contributed by atoms with Gasteiger partial charge in [0.15, 0.2) is 5.78 Å². The van der Waals surface area contributed by atoms with Gasteiger partial charge in [0.25, 0.3) is 0 Å². The quantitative estimate of drug-likeness (QED) is 0.803. The van der Waals surface area contributed by atoms with Crippen LogP contribution in [0.25, 0.3) is 0 Å². The van der Waals surface area contributed by atoms with Crippen molar-refractivity contribution >= 4 is 11.6 Å². The van der Waals surface area contributed by atoms with Gasteiger partial charge in [0, 0.05) is 12.6 Å². The van der Waals surface area contributed by atoms with E-state index in [1.54, 1.807) is 26.1 Å². The third-order valence-corrected chi connectivity index (χ3v) is 2.66. The molecule has 2 aromatic rings. The van der Waals surface area contributed by atoms with E-state index in [-0.39, 0.29) is 22.7 Å². The molecule has 0 saturated carbocycles. The van der Waals surface area contributed by atoms with Crippen molar-refractivity contribution in [1.29, 1.82) is 0 Å². The molecule has 0 amide bonds. The molecule has 0 aliphatic rings. The highest BCUT2D eigenvalue weighted by Gasteiger charge is 2.16. The molecule has 0 fully saturated rings. The molecule has 4 nitrogen and oxygen atoms in total. The van der Waals surface area contributed by atoms with Crippen LogP contribution < -0.4 is 5.73 Å². The van der Waals surface area contributed by atoms with E-state index in [0.717, 1.165) is 0 Å². The molecule has 1 aromatic heterocycles. The van der Waals surface area contributed by atoms with Gasteiger partial charge < -0.3 is 5.73 Å². The lowest BCUT2D eigenvalue weighted by Crippen LogP contribution is -2.06. The third-order valence-electron chi connectivity index (χ3n) is 2.66. The molecule has 2 N–H and O–H groups in total. The lowest BCUT2D eigenvalue weighted by Gasteiger charge is -2.02. The molecule has 1 heterocycles. The molecule has 17 heavy (non-hydrogen) atoms. The molecule has 0 radical (unpaired) electrons. The summed E-state index contributed by atoms with van der Waals surface area (Å²) < 4.78 is 14.8. The number of aryl methyl sites for hydroxylation is 2. The van der Waals surface area contributed by atoms with Gasteiger partial charge in [0.1, 0.15) is 11.6 Å². The van der Waals surface area contributed by atoms with Crippen LogP contribution >= 0.6 is 0 Å². The minimum Gasteiger partial charge on any atom is -0.383 e. The summed E-state index contributed by atoms with van der Waals surface area (Å²) in [5.74, 6) is -0.455. The van der Waals surface area contributed by atoms with Crippen LogP contribution in [0.1, 0.15) is 21.5 Å². The van der Waals surface area contributed by atoms with E-state index < -0.39 is 5.82 Å². The number of nitrogens with zero attached hydrogens (tertiary/aromatic N) is 2. The fourth-order valence-electron chi connectivity index (χ4n) is 1.51. The number of ketones is 1. The maximum atomic E-state index is 13.4. The fraction of sp³-hybridized carbons (Fsp3) is 0.167. The van der Waals surface area contributed by atoms with E-state index in [0.29, 0.717) is 5.56 Å². The molecule has 88 valence electrons. The van der Waals surface area contributed by atoms with Crippen molar-refractivity contribution < 1.29 is 9.18 Å². The number of rotatable bonds is 2. The lowest BCUT2D eigenvalue weighted by atomic mass is 10.0. The summed E-state index contributed by atoms with van der Waals surface area (Å²) in [5.41, 5.74) is 6.75. The van der Waals surface area contributed by atoms with Crippen LogP contribution in [0.5, 0.6) is 0 Å². The number of hydrogen-bond acceptors (Lipinski definition) is 3. The Morgan fingerprint density at radius 2 is 2.18 bits per heavy atom. The van der Waals surface area contributed by atoms with Gasteiger partial charge in [-0.05, 0) is 18.6 Å². The van der Waals surface area contributed by atoms with Crippen molar-refractivity contribution in [1.82, 2.24) is 9.78 Å². The highest BCUT2D eigenvalue weighted by Crippen LogP contribution is 2.17. The molecule has 0 aliphatic carbocycles. The number of anilines is 1. The molecule has 0 unspecified atom stereocenters. The van der Waals surface area contributed by atoms with Gasteiger partial charge in [0.2, 0.25) is 0 Å². The van der Waals surface area contributed by atoms with Crippen LogP contribution in [0.4, 0.5) is 10.2 Å². The monoisotopic (exact) mass is 233 g/mol. The summed E-state index contributed by atoms with van der Waals surface area (Å²) in [6, 6.07) is 4.35. The first-order valence-electron chi connectivity index (χ1n) is 5.09. The molecule has 2 rings (SSSR count). The largest absolute Gasteiger partial charge is 0.383 e. The van der Waals surface area contributed by atoms with Gasteiger partial charge in [-0.3, -0.25) is 9.48 Å². The van der Waals surface area contributed by atoms with Gasteiger partial charge in [-0.25, -0.2) is 4.39 Å². The van der Waals surface area contributed by atoms with E-state index in [2.05, 4.69) is 5.10 Å². The Balaban J connectivity index is 2.44. The van der Waals surface area contributed by atoms with Gasteiger partial charge in [-0.2, -0.15) is 5.10 Å². The highest BCUT2D eigenvalue weighted by molar-refractivity contribution is 6.11. The van der Waals surface area contributed by atoms with Crippen LogP contribution in [-0.2, 0) is 7.05 Å². The molecule has 0 bridgehead atoms. The minimum absolute atomic E-state index is 0.271. The summed E-state index contributed by atoms with van der Waals surface area (Å²) >= 11 is 0. The maximum Gasteiger partial charge on any atom is 0.198 e. The van der Waals surface area contributed by atoms with E-state index in [4.69, 9.17) is 5.73 Å². The fourth-order valence-corrected chi connectivity index (χ4v) is 1.51. The number of carbonyl (C=O) groups excluding carboxylic acids is 1. The number of nitrogens with two attached hydrogens (primary N) is 1. The predicted octanol–water partition coefficient (Wildman–Crippen LogP) is 1.68. The molecular formula is C12H12FN3O. The summed E-state index contributed by atoms with van der Waals surface area (Å²) in [7, 11) is 1.64. The number of carbonyl (C=O) groups is 1. The third kappa shape index (κ3) is 1.91. The van der Waals surface area contributed by atoms with Gasteiger partial charge in [-0.15, -0.1) is 0 Å². The first-order valence-corrected chi connectivity index (χ1v) is 5.09. The normalized spacial score (nSPS) is 10.5. The number of hydrogen-bond donors (Lipinski definition) is 1. The second-order valence-electron chi connectivity index (χ2n) is 3.86. The van der Waals surface area contributed by atoms with Crippen LogP contribution in [0.3, 0.4) is 0 Å². The zero-order chi connectivity index (χ0) is 12.6.